The number of piperidine rings is 1. The molecule has 3 heterocycles. The highest BCUT2D eigenvalue weighted by molar-refractivity contribution is 7.18. The lowest BCUT2D eigenvalue weighted by Gasteiger charge is -2.31. The number of carbonyl (C=O) groups excluding carboxylic acids is 1. The van der Waals surface area contributed by atoms with Gasteiger partial charge in [-0.2, -0.15) is 0 Å². The monoisotopic (exact) mass is 347 g/mol. The van der Waals surface area contributed by atoms with Crippen molar-refractivity contribution in [1.82, 2.24) is 9.97 Å². The summed E-state index contributed by atoms with van der Waals surface area (Å²) in [5.41, 5.74) is 0.841. The number of thiazole rings is 1. The van der Waals surface area contributed by atoms with Gasteiger partial charge in [-0.15, -0.1) is 0 Å². The Kier molecular flexibility index (Phi) is 4.70. The van der Waals surface area contributed by atoms with E-state index < -0.39 is 4.92 Å². The highest BCUT2D eigenvalue weighted by Crippen LogP contribution is 2.31. The second kappa shape index (κ2) is 6.91. The Morgan fingerprint density at radius 3 is 3.04 bits per heavy atom. The molecule has 1 saturated heterocycles. The summed E-state index contributed by atoms with van der Waals surface area (Å²) in [5.74, 6) is 0.273. The van der Waals surface area contributed by atoms with Crippen molar-refractivity contribution in [3.8, 4) is 0 Å². The van der Waals surface area contributed by atoms with E-state index in [-0.39, 0.29) is 16.8 Å². The maximum Gasteiger partial charge on any atom is 0.345 e. The van der Waals surface area contributed by atoms with Crippen LogP contribution in [-0.2, 0) is 4.79 Å². The maximum absolute atomic E-state index is 12.5. The molecule has 3 rings (SSSR count). The van der Waals surface area contributed by atoms with Gasteiger partial charge in [-0.1, -0.05) is 6.07 Å². The number of hydrogen-bond acceptors (Lipinski definition) is 7. The number of amides is 1. The van der Waals surface area contributed by atoms with E-state index in [0.29, 0.717) is 17.5 Å². The molecule has 8 nitrogen and oxygen atoms in total. The van der Waals surface area contributed by atoms with Crippen molar-refractivity contribution in [2.24, 2.45) is 5.92 Å². The number of pyridine rings is 1. The highest BCUT2D eigenvalue weighted by Gasteiger charge is 2.28. The Bertz CT molecular complexity index is 763. The van der Waals surface area contributed by atoms with Crippen molar-refractivity contribution in [1.29, 1.82) is 0 Å². The van der Waals surface area contributed by atoms with E-state index in [1.54, 1.807) is 6.07 Å². The first-order valence-corrected chi connectivity index (χ1v) is 8.44. The van der Waals surface area contributed by atoms with E-state index in [1.165, 1.54) is 6.20 Å². The molecule has 2 aromatic rings. The Hall–Kier alpha value is -2.55. The summed E-state index contributed by atoms with van der Waals surface area (Å²) in [6.45, 7) is 3.12. The summed E-state index contributed by atoms with van der Waals surface area (Å²) in [7, 11) is 0. The van der Waals surface area contributed by atoms with Gasteiger partial charge in [0.2, 0.25) is 5.91 Å². The zero-order valence-corrected chi connectivity index (χ0v) is 14.0. The van der Waals surface area contributed by atoms with Gasteiger partial charge in [0.05, 0.1) is 10.8 Å². The maximum atomic E-state index is 12.5. The number of nitrogens with zero attached hydrogens (tertiary/aromatic N) is 4. The number of anilines is 2. The molecule has 0 spiro atoms. The summed E-state index contributed by atoms with van der Waals surface area (Å²) < 4.78 is 0. The lowest BCUT2D eigenvalue weighted by molar-refractivity contribution is -0.380. The van der Waals surface area contributed by atoms with E-state index in [9.17, 15) is 14.9 Å². The molecule has 0 radical (unpaired) electrons. The standard InChI is InChI=1S/C15H17N5O3S/c1-10-4-2-6-12(17-10)18-14(21)11-5-3-7-19(9-11)15-16-8-13(24-15)20(22)23/h2,4,6,8,11H,3,5,7,9H2,1H3,(H,17,18,21)/t11-/m0/s1. The topological polar surface area (TPSA) is 101 Å². The summed E-state index contributed by atoms with van der Waals surface area (Å²) in [4.78, 5) is 33.1. The zero-order chi connectivity index (χ0) is 17.1. The Morgan fingerprint density at radius 1 is 1.50 bits per heavy atom. The van der Waals surface area contributed by atoms with Crippen LogP contribution in [0.1, 0.15) is 18.5 Å². The van der Waals surface area contributed by atoms with Gasteiger partial charge in [-0.25, -0.2) is 9.97 Å². The largest absolute Gasteiger partial charge is 0.347 e. The number of aryl methyl sites for hydroxylation is 1. The highest BCUT2D eigenvalue weighted by atomic mass is 32.1. The molecule has 2 aromatic heterocycles. The molecule has 1 N–H and O–H groups in total. The van der Waals surface area contributed by atoms with Crippen LogP contribution >= 0.6 is 11.3 Å². The minimum absolute atomic E-state index is 0.0144. The fourth-order valence-corrected chi connectivity index (χ4v) is 3.46. The van der Waals surface area contributed by atoms with Crippen molar-refractivity contribution in [2.45, 2.75) is 19.8 Å². The van der Waals surface area contributed by atoms with Crippen molar-refractivity contribution in [3.63, 3.8) is 0 Å². The van der Waals surface area contributed by atoms with Crippen LogP contribution in [0.25, 0.3) is 0 Å². The van der Waals surface area contributed by atoms with Gasteiger partial charge < -0.3 is 10.2 Å². The number of hydrogen-bond donors (Lipinski definition) is 1. The van der Waals surface area contributed by atoms with Crippen LogP contribution < -0.4 is 10.2 Å². The number of nitrogens with one attached hydrogen (secondary N) is 1. The third-order valence-corrected chi connectivity index (χ3v) is 4.87. The van der Waals surface area contributed by atoms with Crippen molar-refractivity contribution in [2.75, 3.05) is 23.3 Å². The van der Waals surface area contributed by atoms with Crippen LogP contribution in [0.2, 0.25) is 0 Å². The molecule has 0 bridgehead atoms. The molecular formula is C15H17N5O3S. The zero-order valence-electron chi connectivity index (χ0n) is 13.1. The van der Waals surface area contributed by atoms with Crippen LogP contribution in [0.3, 0.4) is 0 Å². The SMILES string of the molecule is Cc1cccc(NC(=O)[C@H]2CCCN(c3ncc([N+](=O)[O-])s3)C2)n1. The van der Waals surface area contributed by atoms with Gasteiger partial charge >= 0.3 is 5.00 Å². The van der Waals surface area contributed by atoms with Crippen molar-refractivity contribution >= 4 is 33.2 Å². The van der Waals surface area contributed by atoms with Crippen LogP contribution in [0.4, 0.5) is 16.0 Å². The minimum Gasteiger partial charge on any atom is -0.347 e. The second-order valence-corrected chi connectivity index (χ2v) is 6.66. The molecule has 1 atom stereocenters. The molecule has 24 heavy (non-hydrogen) atoms. The molecule has 0 unspecified atom stereocenters. The summed E-state index contributed by atoms with van der Waals surface area (Å²) >= 11 is 1.04. The molecule has 0 aliphatic carbocycles. The third kappa shape index (κ3) is 3.67. The lowest BCUT2D eigenvalue weighted by Crippen LogP contribution is -2.40. The Labute approximate surface area is 142 Å². The normalized spacial score (nSPS) is 17.5. The Balaban J connectivity index is 1.66. The van der Waals surface area contributed by atoms with E-state index >= 15 is 0 Å². The van der Waals surface area contributed by atoms with Crippen LogP contribution in [0.15, 0.2) is 24.4 Å². The summed E-state index contributed by atoms with van der Waals surface area (Å²) in [6.07, 6.45) is 2.88. The number of rotatable bonds is 4. The van der Waals surface area contributed by atoms with Gasteiger partial charge in [-0.05, 0) is 43.2 Å². The number of aromatic nitrogens is 2. The molecular weight excluding hydrogens is 330 g/mol. The first kappa shape index (κ1) is 16.3. The molecule has 1 aliphatic heterocycles. The molecule has 1 amide bonds. The fraction of sp³-hybridized carbons (Fsp3) is 0.400. The second-order valence-electron chi connectivity index (χ2n) is 5.68. The van der Waals surface area contributed by atoms with E-state index in [0.717, 1.165) is 36.4 Å². The molecule has 1 aliphatic rings. The Morgan fingerprint density at radius 2 is 2.33 bits per heavy atom. The predicted molar refractivity (Wildman–Crippen MR) is 91.3 cm³/mol. The fourth-order valence-electron chi connectivity index (χ4n) is 2.69. The van der Waals surface area contributed by atoms with Gasteiger partial charge in [0.1, 0.15) is 12.0 Å². The van der Waals surface area contributed by atoms with E-state index in [1.807, 2.05) is 24.0 Å². The molecule has 9 heteroatoms. The van der Waals surface area contributed by atoms with Gasteiger partial charge in [0, 0.05) is 18.8 Å². The molecule has 126 valence electrons. The van der Waals surface area contributed by atoms with Crippen molar-refractivity contribution in [3.05, 3.63) is 40.2 Å². The summed E-state index contributed by atoms with van der Waals surface area (Å²) in [6, 6.07) is 5.48. The summed E-state index contributed by atoms with van der Waals surface area (Å²) in [5, 5.41) is 14.2. The molecule has 0 saturated carbocycles. The first-order chi connectivity index (χ1) is 11.5. The van der Waals surface area contributed by atoms with Crippen LogP contribution in [-0.4, -0.2) is 33.9 Å². The first-order valence-electron chi connectivity index (χ1n) is 7.62. The molecule has 0 aromatic carbocycles. The van der Waals surface area contributed by atoms with Crippen LogP contribution in [0, 0.1) is 23.0 Å². The quantitative estimate of drug-likeness (QED) is 0.674. The average molecular weight is 347 g/mol. The van der Waals surface area contributed by atoms with E-state index in [4.69, 9.17) is 0 Å². The number of carbonyl (C=O) groups is 1. The van der Waals surface area contributed by atoms with Crippen molar-refractivity contribution < 1.29 is 9.72 Å². The van der Waals surface area contributed by atoms with Gasteiger partial charge in [-0.3, -0.25) is 14.9 Å². The third-order valence-electron chi connectivity index (χ3n) is 3.86. The predicted octanol–water partition coefficient (Wildman–Crippen LogP) is 2.61. The van der Waals surface area contributed by atoms with Gasteiger partial charge in [0.25, 0.3) is 0 Å². The molecule has 1 fully saturated rings. The lowest BCUT2D eigenvalue weighted by atomic mass is 9.97. The number of nitro groups is 1. The minimum atomic E-state index is -0.446. The van der Waals surface area contributed by atoms with Gasteiger partial charge in [0.15, 0.2) is 5.13 Å². The average Bonchev–Trinajstić information content (AvgIpc) is 3.05. The smallest absolute Gasteiger partial charge is 0.345 e. The van der Waals surface area contributed by atoms with Crippen LogP contribution in [0.5, 0.6) is 0 Å². The van der Waals surface area contributed by atoms with E-state index in [2.05, 4.69) is 15.3 Å².